The number of carbonyl (C=O) groups excluding carboxylic acids is 5. The van der Waals surface area contributed by atoms with Crippen molar-refractivity contribution < 1.29 is 237 Å². The van der Waals surface area contributed by atoms with Crippen molar-refractivity contribution in [2.24, 2.45) is 5.92 Å². The molecule has 0 saturated carbocycles. The molecule has 0 unspecified atom stereocenters. The molecule has 7 aliphatic rings. The molecular weight excluding hydrogens is 1960 g/mol. The van der Waals surface area contributed by atoms with E-state index in [2.05, 4.69) is 47.4 Å². The number of carbonyl (C=O) groups is 8. The summed E-state index contributed by atoms with van der Waals surface area (Å²) in [6.07, 6.45) is -57.7. The summed E-state index contributed by atoms with van der Waals surface area (Å²) in [5, 5.41) is 309. The molecule has 7 aliphatic heterocycles. The standard InChI is InChI=1S/C93H163N5O48/c1-8-9-10-11-12-13-14-15-16-20-23-26-29-32-61(116)98-49(66(117)50(110)31-28-25-22-19-17-18-21-24-27-30-44(2)3)43-133-85-73(124)72(123)76(59(41-104)137-85)139-87-74(125)82(71(122)58(40-103)136-87)140-84-65(97-48(7)109)81(70(121)56(38-101)134-84)145-92(89(129)130)34-53(113)64(96-47(6)108)80(144-92)69(120)57(39-102)135-86-75(126)83(146-93(90(131)132)35-52(112)63(95-46(5)107)79(143-93)68(119)55(115)37-100)77(60(42-105)138-86)141-91(88(127)128)33-51(111)62(94-45(4)106)78(142-91)67(118)54(114)36-99/h44,49-60,62-87,99-105,110-115,117-126H,8-43H2,1-7H3,(H,94,106)(H,95,107)(H,96,108)(H,97,109)(H,98,116)(H,127,128)(H,129,130)(H,131,132)/t49-,50+,51-,52-,53-,54+,55+,56+,57+,58+,59+,60+,62+,63+,64+,65+,66-,67+,68+,69+,70-,71-,72+,73+,74+,75+,76+,77-,78+,79+,80+,81+,82-,83+,84-,85+,86+,87-,91+,92-,93-/m0/s1. The van der Waals surface area contributed by atoms with Crippen LogP contribution in [0.5, 0.6) is 0 Å². The molecule has 146 heavy (non-hydrogen) atoms. The molecule has 7 heterocycles. The average molecular weight is 2120 g/mol. The van der Waals surface area contributed by atoms with Crippen LogP contribution in [0, 0.1) is 5.92 Å². The van der Waals surface area contributed by atoms with Gasteiger partial charge < -0.3 is 226 Å². The number of amides is 5. The fraction of sp³-hybridized carbons (Fsp3) is 0.914. The Hall–Kier alpha value is -5.72. The second kappa shape index (κ2) is 61.4. The predicted molar refractivity (Wildman–Crippen MR) is 493 cm³/mol. The Morgan fingerprint density at radius 2 is 0.719 bits per heavy atom. The van der Waals surface area contributed by atoms with Crippen LogP contribution < -0.4 is 26.6 Å². The van der Waals surface area contributed by atoms with Crippen molar-refractivity contribution in [1.82, 2.24) is 26.6 Å². The van der Waals surface area contributed by atoms with Crippen LogP contribution in [0.15, 0.2) is 0 Å². The van der Waals surface area contributed by atoms with Crippen LogP contribution in [0.4, 0.5) is 0 Å². The molecule has 31 N–H and O–H groups in total. The van der Waals surface area contributed by atoms with Crippen LogP contribution in [0.1, 0.15) is 228 Å². The lowest BCUT2D eigenvalue weighted by Crippen LogP contribution is -2.73. The number of ether oxygens (including phenoxy) is 14. The first-order chi connectivity index (χ1) is 69.1. The van der Waals surface area contributed by atoms with E-state index in [4.69, 9.17) is 66.3 Å². The zero-order valence-corrected chi connectivity index (χ0v) is 83.6. The monoisotopic (exact) mass is 2120 g/mol. The molecule has 0 aliphatic carbocycles. The Labute approximate surface area is 845 Å². The van der Waals surface area contributed by atoms with Crippen molar-refractivity contribution in [2.75, 3.05) is 52.9 Å². The number of unbranched alkanes of at least 4 members (excludes halogenated alkanes) is 20. The van der Waals surface area contributed by atoms with Gasteiger partial charge in [0.15, 0.2) is 25.2 Å². The number of carboxylic acid groups (broad SMARTS) is 3. The van der Waals surface area contributed by atoms with Crippen molar-refractivity contribution in [1.29, 1.82) is 0 Å². The first-order valence-corrected chi connectivity index (χ1v) is 50.6. The van der Waals surface area contributed by atoms with Gasteiger partial charge in [-0.15, -0.1) is 0 Å². The Morgan fingerprint density at radius 3 is 1.13 bits per heavy atom. The Bertz CT molecular complexity index is 3880. The predicted octanol–water partition coefficient (Wildman–Crippen LogP) is -8.42. The first-order valence-electron chi connectivity index (χ1n) is 50.6. The molecule has 0 aromatic carbocycles. The van der Waals surface area contributed by atoms with Crippen LogP contribution in [-0.4, -0.2) is 483 Å². The molecule has 0 spiro atoms. The maximum atomic E-state index is 14.3. The van der Waals surface area contributed by atoms with Crippen molar-refractivity contribution >= 4 is 47.4 Å². The van der Waals surface area contributed by atoms with Crippen molar-refractivity contribution in [2.45, 2.75) is 478 Å². The minimum atomic E-state index is -3.68. The Balaban J connectivity index is 1.16. The Morgan fingerprint density at radius 1 is 0.363 bits per heavy atom. The molecule has 41 atom stereocenters. The van der Waals surface area contributed by atoms with Crippen LogP contribution in [0.2, 0.25) is 0 Å². The van der Waals surface area contributed by atoms with E-state index in [9.17, 15) is 171 Å². The number of hydrogen-bond acceptors (Lipinski definition) is 45. The van der Waals surface area contributed by atoms with Crippen molar-refractivity contribution in [3.8, 4) is 0 Å². The lowest BCUT2D eigenvalue weighted by molar-refractivity contribution is -0.404. The lowest BCUT2D eigenvalue weighted by atomic mass is 9.87. The number of aliphatic carboxylic acids is 3. The SMILES string of the molecule is CCCCCCCCCCCCCCCC(=O)N[C@@H](CO[C@@H]1O[C@H](CO)[C@@H](O[C@@H]2O[C@H](CO)[C@H](O)[C@H](O[C@@H]3O[C@H](CO)[C@H](O)[C@H](O[C@]4(C(=O)O)C[C@H](O)[C@@H](NC(C)=O)[C@H]([C@H](O)[C@@H](CO)O[C@@H]5O[C@H](CO)[C@H](O[C@]6(C(=O)O)C[C@H](O)[C@@H](NC(C)=O)[C@H]([C@H](O)[C@H](O)CO)O6)[C@H](O[C@]6(C(=O)O)C[C@H](O)[C@@H](NC(C)=O)[C@H]([C@H](O)[C@H](O)CO)O6)[C@H]5O)O4)[C@H]3NC(C)=O)[C@H]2O)[C@H](O)[C@H]1O)[C@H](O)[C@H](O)CCCCCCCCCCCC(C)C. The van der Waals surface area contributed by atoms with E-state index in [1.165, 1.54) is 57.8 Å². The summed E-state index contributed by atoms with van der Waals surface area (Å²) in [4.78, 5) is 107. The fourth-order valence-electron chi connectivity index (χ4n) is 19.4. The molecule has 0 aromatic heterocycles. The number of rotatable bonds is 64. The second-order valence-corrected chi connectivity index (χ2v) is 39.5. The maximum absolute atomic E-state index is 14.3. The van der Waals surface area contributed by atoms with E-state index in [1.807, 2.05) is 0 Å². The van der Waals surface area contributed by atoms with Gasteiger partial charge in [0.2, 0.25) is 29.5 Å². The first kappa shape index (κ1) is 127. The Kier molecular flexibility index (Phi) is 53.5. The van der Waals surface area contributed by atoms with Crippen molar-refractivity contribution in [3.05, 3.63) is 0 Å². The highest BCUT2D eigenvalue weighted by molar-refractivity contribution is 5.79. The van der Waals surface area contributed by atoms with E-state index >= 15 is 0 Å². The summed E-state index contributed by atoms with van der Waals surface area (Å²) in [6.45, 7) is -0.136. The molecule has 848 valence electrons. The smallest absolute Gasteiger partial charge is 0.364 e. The molecule has 53 heteroatoms. The van der Waals surface area contributed by atoms with Gasteiger partial charge in [0, 0.05) is 53.4 Å². The molecule has 0 bridgehead atoms. The fourth-order valence-corrected chi connectivity index (χ4v) is 19.4. The zero-order valence-electron chi connectivity index (χ0n) is 83.6. The molecular formula is C93H163N5O48. The van der Waals surface area contributed by atoms with Gasteiger partial charge in [-0.3, -0.25) is 24.0 Å². The van der Waals surface area contributed by atoms with Crippen LogP contribution in [0.25, 0.3) is 0 Å². The van der Waals surface area contributed by atoms with Gasteiger partial charge in [0.25, 0.3) is 17.4 Å². The zero-order chi connectivity index (χ0) is 109. The van der Waals surface area contributed by atoms with Crippen LogP contribution in [-0.2, 0) is 105 Å². The third-order valence-electron chi connectivity index (χ3n) is 27.5. The minimum absolute atomic E-state index is 0.0431. The molecule has 5 amide bonds. The van der Waals surface area contributed by atoms with E-state index in [0.717, 1.165) is 105 Å². The number of aliphatic hydroxyl groups excluding tert-OH is 23. The van der Waals surface area contributed by atoms with Crippen molar-refractivity contribution in [3.63, 3.8) is 0 Å². The lowest BCUT2D eigenvalue weighted by Gasteiger charge is -2.53. The number of nitrogens with one attached hydrogen (secondary N) is 5. The minimum Gasteiger partial charge on any atom is -0.477 e. The maximum Gasteiger partial charge on any atom is 0.364 e. The van der Waals surface area contributed by atoms with Gasteiger partial charge in [-0.05, 0) is 18.8 Å². The van der Waals surface area contributed by atoms with E-state index in [-0.39, 0.29) is 12.8 Å². The quantitative estimate of drug-likeness (QED) is 0.0252. The highest BCUT2D eigenvalue weighted by Crippen LogP contribution is 2.46. The summed E-state index contributed by atoms with van der Waals surface area (Å²) in [7, 11) is 0. The molecule has 53 nitrogen and oxygen atoms in total. The van der Waals surface area contributed by atoms with E-state index in [0.29, 0.717) is 18.8 Å². The van der Waals surface area contributed by atoms with Gasteiger partial charge in [-0.1, -0.05) is 162 Å². The molecule has 7 rings (SSSR count). The third-order valence-corrected chi connectivity index (χ3v) is 27.5. The van der Waals surface area contributed by atoms with Gasteiger partial charge in [-0.25, -0.2) is 14.4 Å². The topological polar surface area (TPSA) is 852 Å². The van der Waals surface area contributed by atoms with Gasteiger partial charge >= 0.3 is 17.9 Å². The average Bonchev–Trinajstić information content (AvgIpc) is 0.732. The molecule has 7 fully saturated rings. The van der Waals surface area contributed by atoms with Gasteiger partial charge in [0.05, 0.1) is 101 Å². The largest absolute Gasteiger partial charge is 0.477 e. The highest BCUT2D eigenvalue weighted by Gasteiger charge is 2.67. The highest BCUT2D eigenvalue weighted by atomic mass is 16.8. The summed E-state index contributed by atoms with van der Waals surface area (Å²) in [5.74, 6) is -22.0. The van der Waals surface area contributed by atoms with Crippen LogP contribution >= 0.6 is 0 Å². The number of aliphatic hydroxyl groups is 23. The van der Waals surface area contributed by atoms with Gasteiger partial charge in [0.1, 0.15) is 159 Å². The molecule has 0 aromatic rings. The summed E-state index contributed by atoms with van der Waals surface area (Å²) >= 11 is 0. The molecule has 7 saturated heterocycles. The second-order valence-electron chi connectivity index (χ2n) is 39.5. The summed E-state index contributed by atoms with van der Waals surface area (Å²) < 4.78 is 83.6. The van der Waals surface area contributed by atoms with Crippen LogP contribution in [0.3, 0.4) is 0 Å². The number of hydrogen-bond donors (Lipinski definition) is 31. The van der Waals surface area contributed by atoms with E-state index in [1.54, 1.807) is 0 Å². The van der Waals surface area contributed by atoms with E-state index < -0.39 is 369 Å². The molecule has 0 radical (unpaired) electrons. The summed E-state index contributed by atoms with van der Waals surface area (Å²) in [6, 6.07) is -9.64. The normalized spacial score (nSPS) is 35.9. The number of carboxylic acids is 3. The van der Waals surface area contributed by atoms with Gasteiger partial charge in [-0.2, -0.15) is 0 Å². The summed E-state index contributed by atoms with van der Waals surface area (Å²) in [5.41, 5.74) is 0. The third kappa shape index (κ3) is 34.9.